The molecule has 0 saturated carbocycles. The number of hydrogen-bond acceptors (Lipinski definition) is 4. The highest BCUT2D eigenvalue weighted by molar-refractivity contribution is 7.91. The minimum absolute atomic E-state index is 0.0212. The number of aromatic nitrogens is 1. The summed E-state index contributed by atoms with van der Waals surface area (Å²) < 4.78 is 63.6. The van der Waals surface area contributed by atoms with Crippen LogP contribution >= 0.6 is 0 Å². The van der Waals surface area contributed by atoms with Crippen molar-refractivity contribution in [1.82, 2.24) is 4.98 Å². The van der Waals surface area contributed by atoms with E-state index < -0.39 is 41.9 Å². The van der Waals surface area contributed by atoms with Gasteiger partial charge in [-0.15, -0.1) is 0 Å². The molecule has 0 saturated heterocycles. The number of rotatable bonds is 6. The molecule has 2 rings (SSSR count). The Hall–Kier alpha value is -1.68. The molecule has 0 aliphatic rings. The van der Waals surface area contributed by atoms with Gasteiger partial charge in [0.15, 0.2) is 25.8 Å². The first-order chi connectivity index (χ1) is 14.5. The summed E-state index contributed by atoms with van der Waals surface area (Å²) in [6, 6.07) is 5.06. The molecule has 4 nitrogen and oxygen atoms in total. The minimum atomic E-state index is -1.95. The third-order valence-corrected chi connectivity index (χ3v) is 11.3. The van der Waals surface area contributed by atoms with E-state index in [-0.39, 0.29) is 22.0 Å². The van der Waals surface area contributed by atoms with Crippen molar-refractivity contribution < 1.29 is 22.2 Å². The van der Waals surface area contributed by atoms with Crippen LogP contribution in [0.15, 0.2) is 34.9 Å². The fraction of sp³-hybridized carbons (Fsp3) is 0.478. The van der Waals surface area contributed by atoms with E-state index in [1.54, 1.807) is 39.1 Å². The summed E-state index contributed by atoms with van der Waals surface area (Å²) in [6.07, 6.45) is 1.59. The number of halogens is 3. The topological polar surface area (TPSA) is 57.5 Å². The summed E-state index contributed by atoms with van der Waals surface area (Å²) in [5.74, 6) is -4.28. The number of hydrogen-bond donors (Lipinski definition) is 0. The maximum Gasteiger partial charge on any atom is 0.194 e. The Morgan fingerprint density at radius 1 is 1.06 bits per heavy atom. The molecule has 0 bridgehead atoms. The van der Waals surface area contributed by atoms with E-state index in [1.807, 2.05) is 0 Å². The Balaban J connectivity index is 2.42. The van der Waals surface area contributed by atoms with Crippen molar-refractivity contribution in [2.45, 2.75) is 71.0 Å². The fourth-order valence-electron chi connectivity index (χ4n) is 2.29. The molecule has 0 unspecified atom stereocenters. The molecule has 0 spiro atoms. The van der Waals surface area contributed by atoms with E-state index in [0.29, 0.717) is 6.61 Å². The zero-order valence-corrected chi connectivity index (χ0v) is 21.7. The molecule has 0 aliphatic heterocycles. The van der Waals surface area contributed by atoms with Crippen molar-refractivity contribution in [2.24, 2.45) is 4.40 Å². The third kappa shape index (κ3) is 6.43. The lowest BCUT2D eigenvalue weighted by Gasteiger charge is -2.36. The molecule has 9 heteroatoms. The van der Waals surface area contributed by atoms with Gasteiger partial charge in [0.05, 0.1) is 12.3 Å². The summed E-state index contributed by atoms with van der Waals surface area (Å²) in [7, 11) is -1.95. The Morgan fingerprint density at radius 3 is 2.06 bits per heavy atom. The smallest absolute Gasteiger partial charge is 0.194 e. The lowest BCUT2D eigenvalue weighted by molar-refractivity contribution is 0.276. The molecule has 2 aromatic rings. The lowest BCUT2D eigenvalue weighted by Crippen LogP contribution is -2.40. The molecule has 1 aromatic heterocycles. The van der Waals surface area contributed by atoms with Crippen molar-refractivity contribution in [2.75, 3.05) is 0 Å². The van der Waals surface area contributed by atoms with Gasteiger partial charge in [-0.25, -0.2) is 13.2 Å². The molecular weight excluding hydrogens is 453 g/mol. The molecule has 1 aromatic carbocycles. The van der Waals surface area contributed by atoms with Crippen LogP contribution in [0, 0.1) is 17.5 Å². The number of benzene rings is 1. The first kappa shape index (κ1) is 26.6. The second kappa shape index (κ2) is 9.67. The van der Waals surface area contributed by atoms with Crippen molar-refractivity contribution >= 4 is 25.4 Å². The van der Waals surface area contributed by atoms with Gasteiger partial charge in [-0.1, -0.05) is 31.2 Å². The molecule has 32 heavy (non-hydrogen) atoms. The highest BCUT2D eigenvalue weighted by Crippen LogP contribution is 2.37. The summed E-state index contributed by atoms with van der Waals surface area (Å²) in [5, 5.41) is 0.0634. The van der Waals surface area contributed by atoms with Crippen LogP contribution in [-0.4, -0.2) is 28.3 Å². The van der Waals surface area contributed by atoms with Crippen LogP contribution < -0.4 is 0 Å². The number of pyridine rings is 1. The highest BCUT2D eigenvalue weighted by atomic mass is 32.2. The quantitative estimate of drug-likeness (QED) is 0.209. The molecule has 176 valence electrons. The largest absolute Gasteiger partial charge is 0.591 e. The Kier molecular flexibility index (Phi) is 8.02. The second-order valence-electron chi connectivity index (χ2n) is 10.2. The standard InChI is InChI=1S/C23H31F3N2O2SSi/c1-22(2,3)31(29)28-21(16-11-17(24)20(26)18(25)12-16)19-10-9-15(13-27-19)14-30-32(7,8)23(4,5)6/h9-13H,14H2,1-8H3/t31-/m1/s1. The van der Waals surface area contributed by atoms with Crippen LogP contribution in [0.2, 0.25) is 18.1 Å². The van der Waals surface area contributed by atoms with Crippen molar-refractivity contribution in [3.05, 3.63) is 64.7 Å². The van der Waals surface area contributed by atoms with Gasteiger partial charge in [0.25, 0.3) is 0 Å². The van der Waals surface area contributed by atoms with Crippen LogP contribution in [0.5, 0.6) is 0 Å². The van der Waals surface area contributed by atoms with Crippen LogP contribution in [0.1, 0.15) is 58.4 Å². The first-order valence-electron chi connectivity index (χ1n) is 10.3. The summed E-state index contributed by atoms with van der Waals surface area (Å²) in [4.78, 5) is 4.37. The van der Waals surface area contributed by atoms with Gasteiger partial charge in [-0.2, -0.15) is 0 Å². The monoisotopic (exact) mass is 484 g/mol. The average molecular weight is 485 g/mol. The van der Waals surface area contributed by atoms with Crippen LogP contribution in [0.4, 0.5) is 13.2 Å². The van der Waals surface area contributed by atoms with Crippen molar-refractivity contribution in [1.29, 1.82) is 0 Å². The van der Waals surface area contributed by atoms with Crippen molar-refractivity contribution in [3.63, 3.8) is 0 Å². The number of nitrogens with zero attached hydrogens (tertiary/aromatic N) is 2. The highest BCUT2D eigenvalue weighted by Gasteiger charge is 2.37. The third-order valence-electron chi connectivity index (χ3n) is 5.43. The van der Waals surface area contributed by atoms with Gasteiger partial charge in [0.1, 0.15) is 21.8 Å². The summed E-state index contributed by atoms with van der Waals surface area (Å²) in [6.45, 7) is 16.3. The van der Waals surface area contributed by atoms with Gasteiger partial charge in [-0.3, -0.25) is 4.98 Å². The zero-order valence-electron chi connectivity index (χ0n) is 19.8. The SMILES string of the molecule is CC(C)(C)[S@@+]([O-])N=C(c1cc(F)c(F)c(F)c1)c1ccc(CO[Si](C)(C)C(C)(C)C)cn1. The van der Waals surface area contributed by atoms with E-state index >= 15 is 0 Å². The predicted molar refractivity (Wildman–Crippen MR) is 126 cm³/mol. The fourth-order valence-corrected chi connectivity index (χ4v) is 3.89. The van der Waals surface area contributed by atoms with E-state index in [9.17, 15) is 17.7 Å². The Morgan fingerprint density at radius 2 is 1.62 bits per heavy atom. The summed E-state index contributed by atoms with van der Waals surface area (Å²) >= 11 is -1.73. The van der Waals surface area contributed by atoms with E-state index in [0.717, 1.165) is 17.7 Å². The van der Waals surface area contributed by atoms with Gasteiger partial charge >= 0.3 is 0 Å². The molecular formula is C23H31F3N2O2SSi. The van der Waals surface area contributed by atoms with E-state index in [4.69, 9.17) is 4.43 Å². The maximum atomic E-state index is 13.9. The van der Waals surface area contributed by atoms with E-state index in [2.05, 4.69) is 43.2 Å². The van der Waals surface area contributed by atoms with Gasteiger partial charge in [-0.05, 0) is 62.7 Å². The van der Waals surface area contributed by atoms with Gasteiger partial charge in [0.2, 0.25) is 0 Å². The molecule has 0 amide bonds. The minimum Gasteiger partial charge on any atom is -0.591 e. The molecule has 1 heterocycles. The molecule has 0 radical (unpaired) electrons. The average Bonchev–Trinajstić information content (AvgIpc) is 2.67. The van der Waals surface area contributed by atoms with Gasteiger partial charge < -0.3 is 8.98 Å². The Labute approximate surface area is 192 Å². The predicted octanol–water partition coefficient (Wildman–Crippen LogP) is 6.32. The Bertz CT molecular complexity index is 961. The van der Waals surface area contributed by atoms with Crippen LogP contribution in [0.25, 0.3) is 0 Å². The zero-order chi connectivity index (χ0) is 24.5. The van der Waals surface area contributed by atoms with E-state index in [1.165, 1.54) is 0 Å². The van der Waals surface area contributed by atoms with Crippen molar-refractivity contribution in [3.8, 4) is 0 Å². The van der Waals surface area contributed by atoms with Gasteiger partial charge in [0, 0.05) is 11.8 Å². The first-order valence-corrected chi connectivity index (χ1v) is 14.3. The molecule has 1 atom stereocenters. The maximum absolute atomic E-state index is 13.9. The lowest BCUT2D eigenvalue weighted by atomic mass is 10.1. The molecule has 0 N–H and O–H groups in total. The molecule has 0 fully saturated rings. The normalized spacial score (nSPS) is 14.6. The summed E-state index contributed by atoms with van der Waals surface area (Å²) in [5.41, 5.74) is 1.07. The van der Waals surface area contributed by atoms with Crippen LogP contribution in [0.3, 0.4) is 0 Å². The van der Waals surface area contributed by atoms with Crippen LogP contribution in [-0.2, 0) is 22.4 Å². The second-order valence-corrected chi connectivity index (χ2v) is 16.9. The molecule has 0 aliphatic carbocycles.